The molecule has 0 radical (unpaired) electrons. The molecule has 2 heteroatoms. The van der Waals surface area contributed by atoms with Crippen molar-refractivity contribution < 1.29 is 4.74 Å². The van der Waals surface area contributed by atoms with Crippen LogP contribution in [0.1, 0.15) is 41.5 Å². The standard InChI is InChI=1S/C19H23NO/c1-14(12-20)16-7-5-15(6-8-16)13-21-19-10-9-17-3-2-4-18(17)11-19/h5-11,14H,2-4,12-13,20H2,1H3. The highest BCUT2D eigenvalue weighted by Gasteiger charge is 2.11. The number of nitrogens with two attached hydrogens (primary N) is 1. The van der Waals surface area contributed by atoms with E-state index in [0.717, 1.165) is 5.75 Å². The third-order valence-electron chi connectivity index (χ3n) is 4.38. The molecule has 0 aliphatic heterocycles. The van der Waals surface area contributed by atoms with E-state index in [-0.39, 0.29) is 0 Å². The van der Waals surface area contributed by atoms with Crippen molar-refractivity contribution in [1.29, 1.82) is 0 Å². The van der Waals surface area contributed by atoms with E-state index < -0.39 is 0 Å². The Bertz CT molecular complexity index is 603. The highest BCUT2D eigenvalue weighted by atomic mass is 16.5. The number of hydrogen-bond acceptors (Lipinski definition) is 2. The van der Waals surface area contributed by atoms with Crippen LogP contribution in [0.5, 0.6) is 5.75 Å². The van der Waals surface area contributed by atoms with Gasteiger partial charge in [-0.3, -0.25) is 0 Å². The summed E-state index contributed by atoms with van der Waals surface area (Å²) in [7, 11) is 0. The van der Waals surface area contributed by atoms with Gasteiger partial charge in [0.25, 0.3) is 0 Å². The summed E-state index contributed by atoms with van der Waals surface area (Å²) in [5.41, 5.74) is 11.1. The summed E-state index contributed by atoms with van der Waals surface area (Å²) in [6.45, 7) is 3.46. The maximum absolute atomic E-state index is 5.92. The van der Waals surface area contributed by atoms with Crippen LogP contribution >= 0.6 is 0 Å². The van der Waals surface area contributed by atoms with Gasteiger partial charge in [-0.15, -0.1) is 0 Å². The predicted molar refractivity (Wildman–Crippen MR) is 86.7 cm³/mol. The summed E-state index contributed by atoms with van der Waals surface area (Å²) >= 11 is 0. The number of ether oxygens (including phenoxy) is 1. The molecule has 0 bridgehead atoms. The Kier molecular flexibility index (Phi) is 4.26. The highest BCUT2D eigenvalue weighted by molar-refractivity contribution is 5.38. The first kappa shape index (κ1) is 14.2. The topological polar surface area (TPSA) is 35.2 Å². The van der Waals surface area contributed by atoms with Crippen molar-refractivity contribution in [3.05, 3.63) is 64.7 Å². The highest BCUT2D eigenvalue weighted by Crippen LogP contribution is 2.26. The van der Waals surface area contributed by atoms with E-state index in [1.54, 1.807) is 0 Å². The van der Waals surface area contributed by atoms with Crippen LogP contribution in [0.4, 0.5) is 0 Å². The maximum atomic E-state index is 5.92. The fourth-order valence-corrected chi connectivity index (χ4v) is 2.88. The second kappa shape index (κ2) is 6.31. The first-order chi connectivity index (χ1) is 10.3. The third kappa shape index (κ3) is 3.27. The number of aryl methyl sites for hydroxylation is 2. The van der Waals surface area contributed by atoms with Gasteiger partial charge in [0.05, 0.1) is 0 Å². The van der Waals surface area contributed by atoms with E-state index in [1.807, 2.05) is 0 Å². The van der Waals surface area contributed by atoms with Crippen LogP contribution in [0, 0.1) is 0 Å². The zero-order valence-corrected chi connectivity index (χ0v) is 12.6. The quantitative estimate of drug-likeness (QED) is 0.904. The summed E-state index contributed by atoms with van der Waals surface area (Å²) in [5.74, 6) is 1.40. The van der Waals surface area contributed by atoms with E-state index in [9.17, 15) is 0 Å². The fourth-order valence-electron chi connectivity index (χ4n) is 2.88. The smallest absolute Gasteiger partial charge is 0.120 e. The van der Waals surface area contributed by atoms with E-state index >= 15 is 0 Å². The molecule has 2 N–H and O–H groups in total. The Labute approximate surface area is 126 Å². The Balaban J connectivity index is 1.62. The van der Waals surface area contributed by atoms with Crippen molar-refractivity contribution in [2.45, 2.75) is 38.7 Å². The van der Waals surface area contributed by atoms with Gasteiger partial charge in [-0.25, -0.2) is 0 Å². The number of rotatable bonds is 5. The molecule has 0 saturated heterocycles. The van der Waals surface area contributed by atoms with Gasteiger partial charge in [0.2, 0.25) is 0 Å². The predicted octanol–water partition coefficient (Wildman–Crippen LogP) is 3.82. The van der Waals surface area contributed by atoms with E-state index in [0.29, 0.717) is 19.1 Å². The molecule has 2 aromatic carbocycles. The van der Waals surface area contributed by atoms with Gasteiger partial charge in [-0.1, -0.05) is 37.3 Å². The van der Waals surface area contributed by atoms with Crippen LogP contribution < -0.4 is 10.5 Å². The lowest BCUT2D eigenvalue weighted by Gasteiger charge is -2.11. The normalized spacial score (nSPS) is 14.8. The minimum Gasteiger partial charge on any atom is -0.489 e. The lowest BCUT2D eigenvalue weighted by atomic mass is 10.0. The number of benzene rings is 2. The minimum atomic E-state index is 0.414. The molecule has 1 unspecified atom stereocenters. The summed E-state index contributed by atoms with van der Waals surface area (Å²) in [6, 6.07) is 15.1. The van der Waals surface area contributed by atoms with Crippen LogP contribution in [0.25, 0.3) is 0 Å². The Hall–Kier alpha value is -1.80. The van der Waals surface area contributed by atoms with E-state index in [4.69, 9.17) is 10.5 Å². The van der Waals surface area contributed by atoms with Crippen LogP contribution in [-0.4, -0.2) is 6.54 Å². The molecule has 3 rings (SSSR count). The zero-order chi connectivity index (χ0) is 14.7. The molecule has 1 aliphatic carbocycles. The van der Waals surface area contributed by atoms with Crippen LogP contribution in [0.15, 0.2) is 42.5 Å². The molecule has 0 amide bonds. The fraction of sp³-hybridized carbons (Fsp3) is 0.368. The van der Waals surface area contributed by atoms with Crippen molar-refractivity contribution in [3.63, 3.8) is 0 Å². The molecule has 1 atom stereocenters. The largest absolute Gasteiger partial charge is 0.489 e. The van der Waals surface area contributed by atoms with Gasteiger partial charge in [0.1, 0.15) is 12.4 Å². The number of hydrogen-bond donors (Lipinski definition) is 1. The second-order valence-corrected chi connectivity index (χ2v) is 5.95. The van der Waals surface area contributed by atoms with Crippen molar-refractivity contribution in [1.82, 2.24) is 0 Å². The first-order valence-electron chi connectivity index (χ1n) is 7.80. The molecule has 2 nitrogen and oxygen atoms in total. The Morgan fingerprint density at radius 2 is 1.81 bits per heavy atom. The lowest BCUT2D eigenvalue weighted by molar-refractivity contribution is 0.306. The van der Waals surface area contributed by atoms with Crippen molar-refractivity contribution in [2.24, 2.45) is 5.73 Å². The summed E-state index contributed by atoms with van der Waals surface area (Å²) < 4.78 is 5.92. The van der Waals surface area contributed by atoms with Gasteiger partial charge >= 0.3 is 0 Å². The molecular weight excluding hydrogens is 258 g/mol. The molecule has 0 aromatic heterocycles. The van der Waals surface area contributed by atoms with Crippen LogP contribution in [0.3, 0.4) is 0 Å². The monoisotopic (exact) mass is 281 g/mol. The van der Waals surface area contributed by atoms with Gasteiger partial charge < -0.3 is 10.5 Å². The first-order valence-corrected chi connectivity index (χ1v) is 7.80. The van der Waals surface area contributed by atoms with Gasteiger partial charge in [-0.2, -0.15) is 0 Å². The van der Waals surface area contributed by atoms with Gasteiger partial charge in [-0.05, 0) is 66.1 Å². The van der Waals surface area contributed by atoms with Gasteiger partial charge in [0.15, 0.2) is 0 Å². The maximum Gasteiger partial charge on any atom is 0.120 e. The average Bonchev–Trinajstić information content (AvgIpc) is 3.00. The molecule has 21 heavy (non-hydrogen) atoms. The molecule has 1 aliphatic rings. The van der Waals surface area contributed by atoms with E-state index in [2.05, 4.69) is 49.4 Å². The molecule has 0 fully saturated rings. The molecule has 0 spiro atoms. The minimum absolute atomic E-state index is 0.414. The number of fused-ring (bicyclic) bond motifs is 1. The SMILES string of the molecule is CC(CN)c1ccc(COc2ccc3c(c2)CCC3)cc1. The molecule has 110 valence electrons. The zero-order valence-electron chi connectivity index (χ0n) is 12.6. The summed E-state index contributed by atoms with van der Waals surface area (Å²) in [4.78, 5) is 0. The molecular formula is C19H23NO. The van der Waals surface area contributed by atoms with Crippen molar-refractivity contribution >= 4 is 0 Å². The molecule has 0 saturated carbocycles. The second-order valence-electron chi connectivity index (χ2n) is 5.95. The van der Waals surface area contributed by atoms with Crippen molar-refractivity contribution in [2.75, 3.05) is 6.54 Å². The van der Waals surface area contributed by atoms with E-state index in [1.165, 1.54) is 41.5 Å². The Morgan fingerprint density at radius 1 is 1.05 bits per heavy atom. The average molecular weight is 281 g/mol. The van der Waals surface area contributed by atoms with Crippen molar-refractivity contribution in [3.8, 4) is 5.75 Å². The summed E-state index contributed by atoms with van der Waals surface area (Å²) in [6.07, 6.45) is 3.69. The van der Waals surface area contributed by atoms with Crippen LogP contribution in [0.2, 0.25) is 0 Å². The van der Waals surface area contributed by atoms with Crippen LogP contribution in [-0.2, 0) is 19.4 Å². The Morgan fingerprint density at radius 3 is 2.57 bits per heavy atom. The molecule has 0 heterocycles. The molecule has 2 aromatic rings. The third-order valence-corrected chi connectivity index (χ3v) is 4.38. The summed E-state index contributed by atoms with van der Waals surface area (Å²) in [5, 5.41) is 0. The lowest BCUT2D eigenvalue weighted by Crippen LogP contribution is -2.08. The van der Waals surface area contributed by atoms with Gasteiger partial charge in [0, 0.05) is 0 Å².